The van der Waals surface area contributed by atoms with Crippen molar-refractivity contribution in [3.63, 3.8) is 0 Å². The number of nitrogens with one attached hydrogen (secondary N) is 1. The molecule has 1 heterocycles. The van der Waals surface area contributed by atoms with E-state index < -0.39 is 0 Å². The van der Waals surface area contributed by atoms with Crippen LogP contribution in [-0.4, -0.2) is 20.7 Å². The van der Waals surface area contributed by atoms with Crippen LogP contribution in [0.15, 0.2) is 35.7 Å². The molecule has 1 amide bonds. The Kier molecular flexibility index (Phi) is 3.96. The average Bonchev–Trinajstić information content (AvgIpc) is 2.81. The zero-order chi connectivity index (χ0) is 13.0. The summed E-state index contributed by atoms with van der Waals surface area (Å²) < 4.78 is 1.69. The number of carbonyl (C=O) groups is 1. The van der Waals surface area contributed by atoms with E-state index >= 15 is 0 Å². The second-order valence-corrected chi connectivity index (χ2v) is 4.53. The van der Waals surface area contributed by atoms with Gasteiger partial charge < -0.3 is 0 Å². The van der Waals surface area contributed by atoms with Gasteiger partial charge in [-0.1, -0.05) is 30.0 Å². The number of benzene rings is 1. The molecule has 94 valence electrons. The normalized spacial score (nSPS) is 10.3. The van der Waals surface area contributed by atoms with E-state index in [1.165, 1.54) is 18.1 Å². The Morgan fingerprint density at radius 1 is 1.50 bits per heavy atom. The first-order chi connectivity index (χ1) is 8.72. The fraction of sp³-hybridized carbons (Fsp3) is 0.182. The summed E-state index contributed by atoms with van der Waals surface area (Å²) in [5.74, 6) is 5.50. The van der Waals surface area contributed by atoms with E-state index in [4.69, 9.17) is 5.84 Å². The van der Waals surface area contributed by atoms with Crippen molar-refractivity contribution in [3.8, 4) is 0 Å². The molecular weight excluding hydrogens is 250 g/mol. The van der Waals surface area contributed by atoms with E-state index in [1.54, 1.807) is 16.8 Å². The van der Waals surface area contributed by atoms with Crippen LogP contribution in [0, 0.1) is 0 Å². The number of hydrogen-bond acceptors (Lipinski definition) is 5. The van der Waals surface area contributed by atoms with E-state index in [-0.39, 0.29) is 5.91 Å². The number of hydrazine groups is 1. The number of nitrogens with two attached hydrogens (primary N) is 1. The van der Waals surface area contributed by atoms with Crippen LogP contribution in [0.5, 0.6) is 0 Å². The highest BCUT2D eigenvalue weighted by Crippen LogP contribution is 2.21. The van der Waals surface area contributed by atoms with Crippen LogP contribution < -0.4 is 11.3 Å². The minimum atomic E-state index is -0.288. The first-order valence-electron chi connectivity index (χ1n) is 5.28. The maximum absolute atomic E-state index is 11.6. The molecule has 0 aliphatic heterocycles. The van der Waals surface area contributed by atoms with Crippen LogP contribution in [0.3, 0.4) is 0 Å². The van der Waals surface area contributed by atoms with Crippen molar-refractivity contribution in [1.82, 2.24) is 20.2 Å². The summed E-state index contributed by atoms with van der Waals surface area (Å²) in [4.78, 5) is 15.7. The standard InChI is InChI=1S/C11H13N5OS/c1-16-11(13-7-14-16)18-6-8-4-2-3-5-9(8)10(17)15-12/h2-5,7H,6,12H2,1H3,(H,15,17). The van der Waals surface area contributed by atoms with Crippen LogP contribution in [0.2, 0.25) is 0 Å². The summed E-state index contributed by atoms with van der Waals surface area (Å²) in [5, 5.41) is 4.79. The highest BCUT2D eigenvalue weighted by Gasteiger charge is 2.10. The molecule has 0 aliphatic rings. The lowest BCUT2D eigenvalue weighted by molar-refractivity contribution is 0.0953. The lowest BCUT2D eigenvalue weighted by Crippen LogP contribution is -2.30. The van der Waals surface area contributed by atoms with Crippen molar-refractivity contribution >= 4 is 17.7 Å². The molecule has 0 atom stereocenters. The largest absolute Gasteiger partial charge is 0.290 e. The van der Waals surface area contributed by atoms with Gasteiger partial charge in [0.2, 0.25) is 0 Å². The predicted molar refractivity (Wildman–Crippen MR) is 68.7 cm³/mol. The predicted octanol–water partition coefficient (Wildman–Crippen LogP) is 0.711. The van der Waals surface area contributed by atoms with Crippen molar-refractivity contribution in [1.29, 1.82) is 0 Å². The van der Waals surface area contributed by atoms with E-state index in [0.29, 0.717) is 11.3 Å². The lowest BCUT2D eigenvalue weighted by Gasteiger charge is -2.07. The maximum atomic E-state index is 11.6. The molecule has 18 heavy (non-hydrogen) atoms. The Hall–Kier alpha value is -1.86. The number of thioether (sulfide) groups is 1. The van der Waals surface area contributed by atoms with E-state index in [1.807, 2.05) is 19.2 Å². The number of hydrogen-bond donors (Lipinski definition) is 2. The van der Waals surface area contributed by atoms with Gasteiger partial charge in [0, 0.05) is 18.4 Å². The fourth-order valence-corrected chi connectivity index (χ4v) is 2.40. The SMILES string of the molecule is Cn1ncnc1SCc1ccccc1C(=O)NN. The van der Waals surface area contributed by atoms with E-state index in [9.17, 15) is 4.79 Å². The molecule has 2 rings (SSSR count). The first kappa shape index (κ1) is 12.6. The second-order valence-electron chi connectivity index (χ2n) is 3.59. The molecule has 7 heteroatoms. The average molecular weight is 263 g/mol. The molecule has 0 unspecified atom stereocenters. The summed E-state index contributed by atoms with van der Waals surface area (Å²) in [5.41, 5.74) is 3.63. The molecule has 0 saturated heterocycles. The van der Waals surface area contributed by atoms with Crippen LogP contribution >= 0.6 is 11.8 Å². The highest BCUT2D eigenvalue weighted by atomic mass is 32.2. The fourth-order valence-electron chi connectivity index (χ4n) is 1.50. The third kappa shape index (κ3) is 2.69. The van der Waals surface area contributed by atoms with Crippen LogP contribution in [-0.2, 0) is 12.8 Å². The minimum absolute atomic E-state index is 0.288. The van der Waals surface area contributed by atoms with Crippen molar-refractivity contribution in [3.05, 3.63) is 41.7 Å². The number of amides is 1. The quantitative estimate of drug-likeness (QED) is 0.367. The molecule has 0 fully saturated rings. The zero-order valence-electron chi connectivity index (χ0n) is 9.83. The topological polar surface area (TPSA) is 85.8 Å². The van der Waals surface area contributed by atoms with Gasteiger partial charge >= 0.3 is 0 Å². The van der Waals surface area contributed by atoms with E-state index in [2.05, 4.69) is 15.5 Å². The molecule has 2 aromatic rings. The van der Waals surface area contributed by atoms with Gasteiger partial charge in [-0.3, -0.25) is 10.2 Å². The van der Waals surface area contributed by atoms with Crippen molar-refractivity contribution in [2.45, 2.75) is 10.9 Å². The Morgan fingerprint density at radius 2 is 2.28 bits per heavy atom. The first-order valence-corrected chi connectivity index (χ1v) is 6.26. The summed E-state index contributed by atoms with van der Waals surface area (Å²) in [6.07, 6.45) is 1.50. The minimum Gasteiger partial charge on any atom is -0.290 e. The maximum Gasteiger partial charge on any atom is 0.265 e. The molecule has 0 aliphatic carbocycles. The third-order valence-corrected chi connectivity index (χ3v) is 3.50. The lowest BCUT2D eigenvalue weighted by atomic mass is 10.1. The van der Waals surface area contributed by atoms with Crippen molar-refractivity contribution < 1.29 is 4.79 Å². The Labute approximate surface area is 109 Å². The van der Waals surface area contributed by atoms with Crippen molar-refractivity contribution in [2.24, 2.45) is 12.9 Å². The van der Waals surface area contributed by atoms with Crippen molar-refractivity contribution in [2.75, 3.05) is 0 Å². The van der Waals surface area contributed by atoms with Gasteiger partial charge in [-0.15, -0.1) is 0 Å². The smallest absolute Gasteiger partial charge is 0.265 e. The summed E-state index contributed by atoms with van der Waals surface area (Å²) in [6, 6.07) is 7.34. The molecule has 0 saturated carbocycles. The molecule has 1 aromatic heterocycles. The Bertz CT molecular complexity index is 554. The summed E-state index contributed by atoms with van der Waals surface area (Å²) in [6.45, 7) is 0. The number of carbonyl (C=O) groups excluding carboxylic acids is 1. The van der Waals surface area contributed by atoms with Crippen LogP contribution in [0.4, 0.5) is 0 Å². The molecule has 1 aromatic carbocycles. The molecule has 0 radical (unpaired) electrons. The number of nitrogens with zero attached hydrogens (tertiary/aromatic N) is 3. The van der Waals surface area contributed by atoms with Gasteiger partial charge in [-0.05, 0) is 11.6 Å². The van der Waals surface area contributed by atoms with Gasteiger partial charge in [-0.2, -0.15) is 5.10 Å². The highest BCUT2D eigenvalue weighted by molar-refractivity contribution is 7.98. The van der Waals surface area contributed by atoms with E-state index in [0.717, 1.165) is 10.7 Å². The number of nitrogen functional groups attached to an aromatic ring is 1. The zero-order valence-corrected chi connectivity index (χ0v) is 10.6. The van der Waals surface area contributed by atoms with Gasteiger partial charge in [0.15, 0.2) is 5.16 Å². The Balaban J connectivity index is 2.14. The van der Waals surface area contributed by atoms with Crippen LogP contribution in [0.25, 0.3) is 0 Å². The third-order valence-electron chi connectivity index (χ3n) is 2.42. The summed E-state index contributed by atoms with van der Waals surface area (Å²) in [7, 11) is 1.83. The number of rotatable bonds is 4. The molecule has 0 bridgehead atoms. The van der Waals surface area contributed by atoms with Crippen LogP contribution in [0.1, 0.15) is 15.9 Å². The Morgan fingerprint density at radius 3 is 2.94 bits per heavy atom. The monoisotopic (exact) mass is 263 g/mol. The molecule has 0 spiro atoms. The van der Waals surface area contributed by atoms with Gasteiger partial charge in [-0.25, -0.2) is 15.5 Å². The molecule has 3 N–H and O–H groups in total. The van der Waals surface area contributed by atoms with Gasteiger partial charge in [0.1, 0.15) is 6.33 Å². The molecular formula is C11H13N5OS. The van der Waals surface area contributed by atoms with Gasteiger partial charge in [0.05, 0.1) is 0 Å². The summed E-state index contributed by atoms with van der Waals surface area (Å²) >= 11 is 1.52. The molecule has 6 nitrogen and oxygen atoms in total. The second kappa shape index (κ2) is 5.65. The van der Waals surface area contributed by atoms with Gasteiger partial charge in [0.25, 0.3) is 5.91 Å². The number of aryl methyl sites for hydroxylation is 1. The number of aromatic nitrogens is 3.